The highest BCUT2D eigenvalue weighted by Crippen LogP contribution is 2.27. The predicted molar refractivity (Wildman–Crippen MR) is 78.7 cm³/mol. The van der Waals surface area contributed by atoms with Crippen molar-refractivity contribution in [3.8, 4) is 0 Å². The molecule has 7 heteroatoms. The van der Waals surface area contributed by atoms with Gasteiger partial charge in [0.05, 0.1) is 5.92 Å². The first kappa shape index (κ1) is 16.4. The van der Waals surface area contributed by atoms with Gasteiger partial charge in [-0.3, -0.25) is 4.90 Å². The third-order valence-corrected chi connectivity index (χ3v) is 4.01. The van der Waals surface area contributed by atoms with Crippen molar-refractivity contribution in [2.45, 2.75) is 6.18 Å². The third kappa shape index (κ3) is 4.49. The number of alkyl halides is 3. The first-order valence-electron chi connectivity index (χ1n) is 6.90. The summed E-state index contributed by atoms with van der Waals surface area (Å²) in [5, 5.41) is 0.662. The van der Waals surface area contributed by atoms with Crippen molar-refractivity contribution in [1.29, 1.82) is 0 Å². The van der Waals surface area contributed by atoms with E-state index < -0.39 is 12.1 Å². The fraction of sp³-hybridized carbons (Fsp3) is 0.571. The van der Waals surface area contributed by atoms with Crippen LogP contribution in [0.4, 0.5) is 18.9 Å². The molecule has 1 aliphatic rings. The molecule has 1 fully saturated rings. The summed E-state index contributed by atoms with van der Waals surface area (Å²) in [5.74, 6) is -1.45. The van der Waals surface area contributed by atoms with Crippen LogP contribution in [-0.2, 0) is 0 Å². The number of rotatable bonds is 4. The Bertz CT molecular complexity index is 459. The van der Waals surface area contributed by atoms with Gasteiger partial charge in [-0.25, -0.2) is 0 Å². The molecule has 0 bridgehead atoms. The normalized spacial score (nSPS) is 18.8. The number of hydrogen-bond acceptors (Lipinski definition) is 3. The van der Waals surface area contributed by atoms with Crippen LogP contribution in [0.2, 0.25) is 5.02 Å². The molecule has 1 atom stereocenters. The van der Waals surface area contributed by atoms with Gasteiger partial charge < -0.3 is 10.6 Å². The number of nitrogens with zero attached hydrogens (tertiary/aromatic N) is 2. The standard InChI is InChI=1S/C14H19ClF3N3/c15-12-2-1-3-13(8-12)21-6-4-20(5-7-21)10-11(9-19)14(16,17)18/h1-3,8,11H,4-7,9-10,19H2. The Hall–Kier alpha value is -0.980. The molecule has 2 rings (SSSR count). The molecule has 1 aromatic rings. The average molecular weight is 322 g/mol. The highest BCUT2D eigenvalue weighted by molar-refractivity contribution is 6.30. The molecule has 1 unspecified atom stereocenters. The lowest BCUT2D eigenvalue weighted by Gasteiger charge is -2.37. The zero-order valence-electron chi connectivity index (χ0n) is 11.6. The molecule has 0 aliphatic carbocycles. The first-order valence-corrected chi connectivity index (χ1v) is 7.27. The lowest BCUT2D eigenvalue weighted by atomic mass is 10.1. The van der Waals surface area contributed by atoms with Crippen LogP contribution in [0.5, 0.6) is 0 Å². The number of benzene rings is 1. The van der Waals surface area contributed by atoms with Gasteiger partial charge in [0.25, 0.3) is 0 Å². The van der Waals surface area contributed by atoms with Crippen LogP contribution < -0.4 is 10.6 Å². The smallest absolute Gasteiger partial charge is 0.369 e. The van der Waals surface area contributed by atoms with Crippen molar-refractivity contribution >= 4 is 17.3 Å². The Morgan fingerprint density at radius 3 is 2.38 bits per heavy atom. The topological polar surface area (TPSA) is 32.5 Å². The van der Waals surface area contributed by atoms with Gasteiger partial charge in [-0.2, -0.15) is 13.2 Å². The van der Waals surface area contributed by atoms with Gasteiger partial charge in [0.15, 0.2) is 0 Å². The van der Waals surface area contributed by atoms with E-state index in [-0.39, 0.29) is 13.1 Å². The molecule has 1 heterocycles. The van der Waals surface area contributed by atoms with E-state index in [9.17, 15) is 13.2 Å². The van der Waals surface area contributed by atoms with Crippen LogP contribution >= 0.6 is 11.6 Å². The Labute approximate surface area is 127 Å². The Kier molecular flexibility index (Phi) is 5.35. The van der Waals surface area contributed by atoms with Crippen molar-refractivity contribution in [1.82, 2.24) is 4.90 Å². The van der Waals surface area contributed by atoms with Gasteiger partial charge in [0.1, 0.15) is 0 Å². The summed E-state index contributed by atoms with van der Waals surface area (Å²) in [7, 11) is 0. The van der Waals surface area contributed by atoms with Crippen LogP contribution in [0.25, 0.3) is 0 Å². The molecule has 2 N–H and O–H groups in total. The molecule has 0 saturated carbocycles. The van der Waals surface area contributed by atoms with Gasteiger partial charge >= 0.3 is 6.18 Å². The lowest BCUT2D eigenvalue weighted by molar-refractivity contribution is -0.176. The number of halogens is 4. The largest absolute Gasteiger partial charge is 0.394 e. The van der Waals surface area contributed by atoms with Gasteiger partial charge in [-0.15, -0.1) is 0 Å². The maximum absolute atomic E-state index is 12.7. The summed E-state index contributed by atoms with van der Waals surface area (Å²) in [6, 6.07) is 7.50. The summed E-state index contributed by atoms with van der Waals surface area (Å²) in [4.78, 5) is 3.96. The van der Waals surface area contributed by atoms with E-state index >= 15 is 0 Å². The Balaban J connectivity index is 1.88. The van der Waals surface area contributed by atoms with Crippen molar-refractivity contribution in [2.24, 2.45) is 11.7 Å². The quantitative estimate of drug-likeness (QED) is 0.925. The molecule has 1 aliphatic heterocycles. The van der Waals surface area contributed by atoms with Crippen LogP contribution in [0.1, 0.15) is 0 Å². The van der Waals surface area contributed by atoms with E-state index in [0.29, 0.717) is 31.2 Å². The Morgan fingerprint density at radius 1 is 1.19 bits per heavy atom. The summed E-state index contributed by atoms with van der Waals surface area (Å²) in [6.07, 6.45) is -4.22. The van der Waals surface area contributed by atoms with Crippen molar-refractivity contribution in [2.75, 3.05) is 44.2 Å². The lowest BCUT2D eigenvalue weighted by Crippen LogP contribution is -2.50. The number of nitrogens with two attached hydrogens (primary N) is 1. The van der Waals surface area contributed by atoms with E-state index in [1.807, 2.05) is 23.1 Å². The third-order valence-electron chi connectivity index (χ3n) is 3.77. The van der Waals surface area contributed by atoms with E-state index in [0.717, 1.165) is 5.69 Å². The molecule has 0 aromatic heterocycles. The second-order valence-corrected chi connectivity index (χ2v) is 5.68. The van der Waals surface area contributed by atoms with E-state index in [2.05, 4.69) is 4.90 Å². The summed E-state index contributed by atoms with van der Waals surface area (Å²) < 4.78 is 38.2. The zero-order chi connectivity index (χ0) is 15.5. The van der Waals surface area contributed by atoms with Gasteiger partial charge in [-0.1, -0.05) is 17.7 Å². The first-order chi connectivity index (χ1) is 9.90. The second-order valence-electron chi connectivity index (χ2n) is 5.24. The van der Waals surface area contributed by atoms with E-state index in [4.69, 9.17) is 17.3 Å². The molecule has 21 heavy (non-hydrogen) atoms. The van der Waals surface area contributed by atoms with E-state index in [1.54, 1.807) is 6.07 Å². The summed E-state index contributed by atoms with van der Waals surface area (Å²) in [5.41, 5.74) is 6.25. The van der Waals surface area contributed by atoms with Gasteiger partial charge in [0, 0.05) is 50.0 Å². The fourth-order valence-corrected chi connectivity index (χ4v) is 2.67. The number of hydrogen-bond donors (Lipinski definition) is 1. The van der Waals surface area contributed by atoms with E-state index in [1.165, 1.54) is 0 Å². The highest BCUT2D eigenvalue weighted by Gasteiger charge is 2.39. The molecule has 1 saturated heterocycles. The summed E-state index contributed by atoms with van der Waals surface area (Å²) >= 11 is 5.95. The van der Waals surface area contributed by atoms with Crippen LogP contribution in [-0.4, -0.2) is 50.3 Å². The zero-order valence-corrected chi connectivity index (χ0v) is 12.4. The van der Waals surface area contributed by atoms with Crippen molar-refractivity contribution in [3.63, 3.8) is 0 Å². The molecular weight excluding hydrogens is 303 g/mol. The minimum absolute atomic E-state index is 0.0244. The SMILES string of the molecule is NCC(CN1CCN(c2cccc(Cl)c2)CC1)C(F)(F)F. The number of piperazine rings is 1. The van der Waals surface area contributed by atoms with Gasteiger partial charge in [-0.05, 0) is 18.2 Å². The summed E-state index contributed by atoms with van der Waals surface area (Å²) in [6.45, 7) is 2.19. The average Bonchev–Trinajstić information content (AvgIpc) is 2.44. The highest BCUT2D eigenvalue weighted by atomic mass is 35.5. The fourth-order valence-electron chi connectivity index (χ4n) is 2.48. The molecule has 3 nitrogen and oxygen atoms in total. The molecule has 0 amide bonds. The maximum Gasteiger partial charge on any atom is 0.394 e. The molecule has 0 radical (unpaired) electrons. The minimum atomic E-state index is -4.22. The Morgan fingerprint density at radius 2 is 1.86 bits per heavy atom. The predicted octanol–water partition coefficient (Wildman–Crippen LogP) is 2.60. The molecule has 1 aromatic carbocycles. The van der Waals surface area contributed by atoms with Gasteiger partial charge in [0.2, 0.25) is 0 Å². The van der Waals surface area contributed by atoms with Crippen LogP contribution in [0, 0.1) is 5.92 Å². The monoisotopic (exact) mass is 321 g/mol. The van der Waals surface area contributed by atoms with Crippen molar-refractivity contribution < 1.29 is 13.2 Å². The molecule has 118 valence electrons. The van der Waals surface area contributed by atoms with Crippen LogP contribution in [0.15, 0.2) is 24.3 Å². The minimum Gasteiger partial charge on any atom is -0.369 e. The number of anilines is 1. The second kappa shape index (κ2) is 6.85. The van der Waals surface area contributed by atoms with Crippen molar-refractivity contribution in [3.05, 3.63) is 29.3 Å². The molecule has 0 spiro atoms. The molecular formula is C14H19ClF3N3. The maximum atomic E-state index is 12.7. The van der Waals surface area contributed by atoms with Crippen LogP contribution in [0.3, 0.4) is 0 Å².